The Kier molecular flexibility index (Phi) is 3.22. The number of nitrogens with zero attached hydrogens (tertiary/aromatic N) is 2. The van der Waals surface area contributed by atoms with Crippen LogP contribution in [0.4, 0.5) is 5.69 Å². The smallest absolute Gasteiger partial charge is 0.101 e. The van der Waals surface area contributed by atoms with Crippen LogP contribution in [-0.2, 0) is 0 Å². The zero-order valence-electron chi connectivity index (χ0n) is 11.8. The fourth-order valence-electron chi connectivity index (χ4n) is 3.84. The number of piperidine rings is 1. The van der Waals surface area contributed by atoms with Crippen LogP contribution in [0.15, 0.2) is 18.2 Å². The zero-order valence-corrected chi connectivity index (χ0v) is 11.8. The molecule has 1 aliphatic heterocycles. The van der Waals surface area contributed by atoms with Gasteiger partial charge in [-0.1, -0.05) is 18.9 Å². The van der Waals surface area contributed by atoms with Gasteiger partial charge in [0.15, 0.2) is 0 Å². The van der Waals surface area contributed by atoms with Crippen molar-refractivity contribution in [3.05, 3.63) is 29.3 Å². The molecule has 0 atom stereocenters. The van der Waals surface area contributed by atoms with E-state index in [4.69, 9.17) is 0 Å². The second-order valence-corrected chi connectivity index (χ2v) is 6.33. The third kappa shape index (κ3) is 2.34. The van der Waals surface area contributed by atoms with E-state index in [0.29, 0.717) is 5.41 Å². The standard InChI is InChI=1S/C17H22N2/c1-14-4-5-15(13-18)16(12-14)19-10-8-17(9-11-19)6-2-3-7-17/h4-5,12H,2-3,6-11H2,1H3. The minimum absolute atomic E-state index is 0.646. The fourth-order valence-corrected chi connectivity index (χ4v) is 3.84. The van der Waals surface area contributed by atoms with E-state index < -0.39 is 0 Å². The van der Waals surface area contributed by atoms with Crippen molar-refractivity contribution in [1.82, 2.24) is 0 Å². The first-order valence-corrected chi connectivity index (χ1v) is 7.48. The summed E-state index contributed by atoms with van der Waals surface area (Å²) in [7, 11) is 0. The van der Waals surface area contributed by atoms with E-state index in [1.807, 2.05) is 12.1 Å². The van der Waals surface area contributed by atoms with Gasteiger partial charge in [-0.3, -0.25) is 0 Å². The van der Waals surface area contributed by atoms with Crippen LogP contribution in [0.25, 0.3) is 0 Å². The van der Waals surface area contributed by atoms with Crippen LogP contribution in [0.1, 0.15) is 49.7 Å². The van der Waals surface area contributed by atoms with Gasteiger partial charge in [0.25, 0.3) is 0 Å². The van der Waals surface area contributed by atoms with E-state index in [2.05, 4.69) is 24.0 Å². The van der Waals surface area contributed by atoms with Crippen molar-refractivity contribution >= 4 is 5.69 Å². The third-order valence-corrected chi connectivity index (χ3v) is 5.10. The first-order valence-electron chi connectivity index (χ1n) is 7.48. The van der Waals surface area contributed by atoms with E-state index in [1.54, 1.807) is 0 Å². The van der Waals surface area contributed by atoms with Gasteiger partial charge >= 0.3 is 0 Å². The minimum Gasteiger partial charge on any atom is -0.370 e. The summed E-state index contributed by atoms with van der Waals surface area (Å²) >= 11 is 0. The van der Waals surface area contributed by atoms with Gasteiger partial charge in [0, 0.05) is 13.1 Å². The lowest BCUT2D eigenvalue weighted by atomic mass is 9.77. The fraction of sp³-hybridized carbons (Fsp3) is 0.588. The highest BCUT2D eigenvalue weighted by molar-refractivity contribution is 5.61. The number of rotatable bonds is 1. The molecule has 2 aliphatic rings. The molecular formula is C17H22N2. The van der Waals surface area contributed by atoms with Gasteiger partial charge in [0.05, 0.1) is 11.3 Å². The summed E-state index contributed by atoms with van der Waals surface area (Å²) in [5, 5.41) is 9.27. The molecule has 0 aromatic heterocycles. The van der Waals surface area contributed by atoms with Gasteiger partial charge in [0.1, 0.15) is 6.07 Å². The molecule has 0 N–H and O–H groups in total. The lowest BCUT2D eigenvalue weighted by molar-refractivity contribution is 0.226. The second kappa shape index (κ2) is 4.89. The van der Waals surface area contributed by atoms with Crippen molar-refractivity contribution in [2.24, 2.45) is 5.41 Å². The zero-order chi connectivity index (χ0) is 13.3. The Balaban J connectivity index is 1.78. The summed E-state index contributed by atoms with van der Waals surface area (Å²) in [4.78, 5) is 2.43. The molecule has 1 heterocycles. The molecule has 1 aromatic carbocycles. The average Bonchev–Trinajstić information content (AvgIpc) is 2.88. The predicted octanol–water partition coefficient (Wildman–Crippen LogP) is 4.03. The molecule has 0 unspecified atom stereocenters. The topological polar surface area (TPSA) is 27.0 Å². The number of hydrogen-bond donors (Lipinski definition) is 0. The lowest BCUT2D eigenvalue weighted by Crippen LogP contribution is -2.39. The molecule has 2 heteroatoms. The van der Waals surface area contributed by atoms with Crippen LogP contribution < -0.4 is 4.90 Å². The molecule has 2 fully saturated rings. The minimum atomic E-state index is 0.646. The van der Waals surface area contributed by atoms with Crippen molar-refractivity contribution in [2.45, 2.75) is 45.4 Å². The first-order chi connectivity index (χ1) is 9.22. The highest BCUT2D eigenvalue weighted by Gasteiger charge is 2.37. The van der Waals surface area contributed by atoms with Crippen LogP contribution in [-0.4, -0.2) is 13.1 Å². The molecule has 0 bridgehead atoms. The highest BCUT2D eigenvalue weighted by Crippen LogP contribution is 2.46. The molecule has 1 saturated carbocycles. The lowest BCUT2D eigenvalue weighted by Gasteiger charge is -2.40. The molecule has 1 saturated heterocycles. The molecule has 19 heavy (non-hydrogen) atoms. The number of anilines is 1. The SMILES string of the molecule is Cc1ccc(C#N)c(N2CCC3(CCCC3)CC2)c1. The largest absolute Gasteiger partial charge is 0.370 e. The number of hydrogen-bond acceptors (Lipinski definition) is 2. The van der Waals surface area contributed by atoms with Gasteiger partial charge in [-0.05, 0) is 55.7 Å². The number of aryl methyl sites for hydroxylation is 1. The van der Waals surface area contributed by atoms with Crippen LogP contribution >= 0.6 is 0 Å². The molecule has 1 aliphatic carbocycles. The van der Waals surface area contributed by atoms with Crippen LogP contribution in [0.2, 0.25) is 0 Å². The molecule has 2 nitrogen and oxygen atoms in total. The normalized spacial score (nSPS) is 21.6. The quantitative estimate of drug-likeness (QED) is 0.756. The molecule has 1 aromatic rings. The second-order valence-electron chi connectivity index (χ2n) is 6.33. The van der Waals surface area contributed by atoms with Crippen molar-refractivity contribution < 1.29 is 0 Å². The van der Waals surface area contributed by atoms with Crippen molar-refractivity contribution in [3.63, 3.8) is 0 Å². The Morgan fingerprint density at radius 1 is 1.11 bits per heavy atom. The Labute approximate surface area is 116 Å². The maximum absolute atomic E-state index is 9.27. The summed E-state index contributed by atoms with van der Waals surface area (Å²) < 4.78 is 0. The summed E-state index contributed by atoms with van der Waals surface area (Å²) in [6, 6.07) is 8.51. The van der Waals surface area contributed by atoms with Crippen molar-refractivity contribution in [1.29, 1.82) is 5.26 Å². The van der Waals surface area contributed by atoms with Crippen molar-refractivity contribution in [3.8, 4) is 6.07 Å². The third-order valence-electron chi connectivity index (χ3n) is 5.10. The maximum atomic E-state index is 9.27. The number of benzene rings is 1. The first kappa shape index (κ1) is 12.5. The van der Waals surface area contributed by atoms with Gasteiger partial charge in [-0.25, -0.2) is 0 Å². The van der Waals surface area contributed by atoms with Gasteiger partial charge < -0.3 is 4.90 Å². The average molecular weight is 254 g/mol. The van der Waals surface area contributed by atoms with Crippen LogP contribution in [0, 0.1) is 23.7 Å². The summed E-state index contributed by atoms with van der Waals surface area (Å²) in [6.07, 6.45) is 8.33. The Hall–Kier alpha value is -1.49. The van der Waals surface area contributed by atoms with E-state index in [1.165, 1.54) is 44.1 Å². The monoisotopic (exact) mass is 254 g/mol. The molecule has 100 valence electrons. The number of nitriles is 1. The summed E-state index contributed by atoms with van der Waals surface area (Å²) in [6.45, 7) is 4.35. The summed E-state index contributed by atoms with van der Waals surface area (Å²) in [5.74, 6) is 0. The molecular weight excluding hydrogens is 232 g/mol. The van der Waals surface area contributed by atoms with E-state index in [0.717, 1.165) is 24.3 Å². The van der Waals surface area contributed by atoms with Crippen LogP contribution in [0.3, 0.4) is 0 Å². The maximum Gasteiger partial charge on any atom is 0.101 e. The predicted molar refractivity (Wildman–Crippen MR) is 78.2 cm³/mol. The molecule has 0 radical (unpaired) electrons. The van der Waals surface area contributed by atoms with Gasteiger partial charge in [-0.2, -0.15) is 5.26 Å². The molecule has 0 amide bonds. The summed E-state index contributed by atoms with van der Waals surface area (Å²) in [5.41, 5.74) is 3.87. The Bertz CT molecular complexity index is 496. The Morgan fingerprint density at radius 2 is 1.79 bits per heavy atom. The van der Waals surface area contributed by atoms with Crippen LogP contribution in [0.5, 0.6) is 0 Å². The Morgan fingerprint density at radius 3 is 2.42 bits per heavy atom. The van der Waals surface area contributed by atoms with Gasteiger partial charge in [0.2, 0.25) is 0 Å². The molecule has 1 spiro atoms. The van der Waals surface area contributed by atoms with E-state index in [-0.39, 0.29) is 0 Å². The van der Waals surface area contributed by atoms with Gasteiger partial charge in [-0.15, -0.1) is 0 Å². The van der Waals surface area contributed by atoms with E-state index >= 15 is 0 Å². The molecule has 3 rings (SSSR count). The van der Waals surface area contributed by atoms with Crippen molar-refractivity contribution in [2.75, 3.05) is 18.0 Å². The highest BCUT2D eigenvalue weighted by atomic mass is 15.1. The van der Waals surface area contributed by atoms with E-state index in [9.17, 15) is 5.26 Å².